The third-order valence-corrected chi connectivity index (χ3v) is 3.70. The molecule has 2 rings (SSSR count). The maximum Gasteiger partial charge on any atom is 0.227 e. The van der Waals surface area contributed by atoms with Crippen molar-refractivity contribution in [2.45, 2.75) is 40.5 Å². The molecule has 1 heterocycles. The number of rotatable bonds is 3. The molecule has 0 saturated carbocycles. The summed E-state index contributed by atoms with van der Waals surface area (Å²) in [5, 5.41) is 0.755. The van der Waals surface area contributed by atoms with Crippen molar-refractivity contribution in [1.29, 1.82) is 0 Å². The fourth-order valence-corrected chi connectivity index (χ4v) is 2.48. The van der Waals surface area contributed by atoms with E-state index in [1.165, 1.54) is 0 Å². The van der Waals surface area contributed by atoms with E-state index in [1.807, 2.05) is 26.0 Å². The van der Waals surface area contributed by atoms with E-state index in [2.05, 4.69) is 23.8 Å². The summed E-state index contributed by atoms with van der Waals surface area (Å²) in [5.74, 6) is 2.57. The molecule has 0 aliphatic heterocycles. The highest BCUT2D eigenvalue weighted by atomic mass is 35.5. The Morgan fingerprint density at radius 1 is 1.14 bits per heavy atom. The summed E-state index contributed by atoms with van der Waals surface area (Å²) in [6.07, 6.45) is 0. The summed E-state index contributed by atoms with van der Waals surface area (Å²) in [6, 6.07) is 3.88. The Labute approximate surface area is 130 Å². The van der Waals surface area contributed by atoms with Gasteiger partial charge in [-0.25, -0.2) is 4.98 Å². The Morgan fingerprint density at radius 2 is 1.81 bits per heavy atom. The number of nitrogens with two attached hydrogens (primary N) is 1. The van der Waals surface area contributed by atoms with Crippen LogP contribution in [-0.4, -0.2) is 9.97 Å². The minimum Gasteiger partial charge on any atom is -0.438 e. The van der Waals surface area contributed by atoms with Crippen molar-refractivity contribution in [2.24, 2.45) is 0 Å². The molecular weight excluding hydrogens is 286 g/mol. The van der Waals surface area contributed by atoms with E-state index in [4.69, 9.17) is 22.1 Å². The van der Waals surface area contributed by atoms with Crippen LogP contribution in [0.5, 0.6) is 11.6 Å². The van der Waals surface area contributed by atoms with Gasteiger partial charge in [-0.1, -0.05) is 25.4 Å². The zero-order valence-electron chi connectivity index (χ0n) is 13.0. The van der Waals surface area contributed by atoms with Crippen LogP contribution in [0.1, 0.15) is 42.3 Å². The highest BCUT2D eigenvalue weighted by molar-refractivity contribution is 6.31. The maximum absolute atomic E-state index is 6.28. The summed E-state index contributed by atoms with van der Waals surface area (Å²) in [4.78, 5) is 8.44. The standard InChI is InChI=1S/C16H20ClN3O/c1-8(2)12-7-14(9(3)6-13(12)17)21-16-10(4)15(18)19-11(5)20-16/h6-8H,1-5H3,(H2,18,19,20). The van der Waals surface area contributed by atoms with Crippen LogP contribution in [0.3, 0.4) is 0 Å². The highest BCUT2D eigenvalue weighted by Gasteiger charge is 2.14. The van der Waals surface area contributed by atoms with Gasteiger partial charge in [0.2, 0.25) is 5.88 Å². The van der Waals surface area contributed by atoms with Gasteiger partial charge < -0.3 is 10.5 Å². The zero-order valence-corrected chi connectivity index (χ0v) is 13.7. The van der Waals surface area contributed by atoms with Gasteiger partial charge in [-0.2, -0.15) is 4.98 Å². The van der Waals surface area contributed by atoms with Gasteiger partial charge in [0, 0.05) is 5.02 Å². The number of aryl methyl sites for hydroxylation is 2. The molecular formula is C16H20ClN3O. The lowest BCUT2D eigenvalue weighted by atomic mass is 10.0. The van der Waals surface area contributed by atoms with E-state index in [1.54, 1.807) is 6.92 Å². The number of aromatic nitrogens is 2. The number of halogens is 1. The van der Waals surface area contributed by atoms with Gasteiger partial charge in [0.25, 0.3) is 0 Å². The Bertz CT molecular complexity index is 684. The first-order valence-corrected chi connectivity index (χ1v) is 7.26. The third kappa shape index (κ3) is 3.27. The maximum atomic E-state index is 6.28. The summed E-state index contributed by atoms with van der Waals surface area (Å²) in [7, 11) is 0. The van der Waals surface area contributed by atoms with Crippen LogP contribution >= 0.6 is 11.6 Å². The number of nitrogens with zero attached hydrogens (tertiary/aromatic N) is 2. The third-order valence-electron chi connectivity index (χ3n) is 3.37. The first kappa shape index (κ1) is 15.6. The lowest BCUT2D eigenvalue weighted by Gasteiger charge is -2.15. The van der Waals surface area contributed by atoms with E-state index < -0.39 is 0 Å². The van der Waals surface area contributed by atoms with E-state index in [0.717, 1.165) is 27.5 Å². The van der Waals surface area contributed by atoms with Gasteiger partial charge >= 0.3 is 0 Å². The molecule has 2 N–H and O–H groups in total. The lowest BCUT2D eigenvalue weighted by molar-refractivity contribution is 0.452. The molecule has 0 fully saturated rings. The molecule has 1 aromatic carbocycles. The fraction of sp³-hybridized carbons (Fsp3) is 0.375. The number of benzene rings is 1. The van der Waals surface area contributed by atoms with Crippen molar-refractivity contribution in [2.75, 3.05) is 5.73 Å². The molecule has 0 aliphatic carbocycles. The molecule has 0 spiro atoms. The van der Waals surface area contributed by atoms with Gasteiger partial charge in [-0.3, -0.25) is 0 Å². The predicted octanol–water partition coefficient (Wildman–Crippen LogP) is 4.55. The van der Waals surface area contributed by atoms with Crippen LogP contribution in [0, 0.1) is 20.8 Å². The fourth-order valence-electron chi connectivity index (χ4n) is 2.05. The number of hydrogen-bond acceptors (Lipinski definition) is 4. The van der Waals surface area contributed by atoms with Gasteiger partial charge in [-0.15, -0.1) is 0 Å². The number of nitrogen functional groups attached to an aromatic ring is 1. The molecule has 112 valence electrons. The topological polar surface area (TPSA) is 61.0 Å². The first-order chi connectivity index (χ1) is 9.79. The quantitative estimate of drug-likeness (QED) is 0.903. The summed E-state index contributed by atoms with van der Waals surface area (Å²) >= 11 is 6.28. The number of ether oxygens (including phenoxy) is 1. The second-order valence-corrected chi connectivity index (χ2v) is 5.89. The minimum absolute atomic E-state index is 0.318. The van der Waals surface area contributed by atoms with Crippen LogP contribution in [0.25, 0.3) is 0 Å². The largest absolute Gasteiger partial charge is 0.438 e. The molecule has 0 radical (unpaired) electrons. The monoisotopic (exact) mass is 305 g/mol. The van der Waals surface area contributed by atoms with Gasteiger partial charge in [-0.05, 0) is 49.9 Å². The van der Waals surface area contributed by atoms with Crippen LogP contribution in [0.2, 0.25) is 5.02 Å². The minimum atomic E-state index is 0.318. The molecule has 0 aliphatic rings. The number of hydrogen-bond donors (Lipinski definition) is 1. The highest BCUT2D eigenvalue weighted by Crippen LogP contribution is 2.34. The van der Waals surface area contributed by atoms with E-state index in [0.29, 0.717) is 23.4 Å². The summed E-state index contributed by atoms with van der Waals surface area (Å²) < 4.78 is 5.96. The Morgan fingerprint density at radius 3 is 2.43 bits per heavy atom. The van der Waals surface area contributed by atoms with E-state index in [9.17, 15) is 0 Å². The van der Waals surface area contributed by atoms with Crippen LogP contribution in [0.4, 0.5) is 5.82 Å². The average Bonchev–Trinajstić information content (AvgIpc) is 2.37. The van der Waals surface area contributed by atoms with Crippen molar-refractivity contribution < 1.29 is 4.74 Å². The average molecular weight is 306 g/mol. The van der Waals surface area contributed by atoms with Gasteiger partial charge in [0.1, 0.15) is 17.4 Å². The Balaban J connectivity index is 2.47. The molecule has 0 unspecified atom stereocenters. The van der Waals surface area contributed by atoms with Crippen LogP contribution in [0.15, 0.2) is 12.1 Å². The van der Waals surface area contributed by atoms with Crippen LogP contribution < -0.4 is 10.5 Å². The van der Waals surface area contributed by atoms with Crippen LogP contribution in [-0.2, 0) is 0 Å². The van der Waals surface area contributed by atoms with Gasteiger partial charge in [0.05, 0.1) is 5.56 Å². The lowest BCUT2D eigenvalue weighted by Crippen LogP contribution is -2.03. The molecule has 0 amide bonds. The van der Waals surface area contributed by atoms with E-state index in [-0.39, 0.29) is 0 Å². The normalized spacial score (nSPS) is 11.0. The van der Waals surface area contributed by atoms with E-state index >= 15 is 0 Å². The summed E-state index contributed by atoms with van der Waals surface area (Å²) in [6.45, 7) is 9.78. The molecule has 0 atom stereocenters. The first-order valence-electron chi connectivity index (χ1n) is 6.88. The van der Waals surface area contributed by atoms with Crippen molar-refractivity contribution >= 4 is 17.4 Å². The SMILES string of the molecule is Cc1nc(N)c(C)c(Oc2cc(C(C)C)c(Cl)cc2C)n1. The zero-order chi connectivity index (χ0) is 15.7. The molecule has 4 nitrogen and oxygen atoms in total. The van der Waals surface area contributed by atoms with Crippen molar-refractivity contribution in [1.82, 2.24) is 9.97 Å². The molecule has 1 aromatic heterocycles. The molecule has 21 heavy (non-hydrogen) atoms. The second-order valence-electron chi connectivity index (χ2n) is 5.48. The molecule has 5 heteroatoms. The predicted molar refractivity (Wildman–Crippen MR) is 86.3 cm³/mol. The van der Waals surface area contributed by atoms with Crippen molar-refractivity contribution in [3.63, 3.8) is 0 Å². The smallest absolute Gasteiger partial charge is 0.227 e. The second kappa shape index (κ2) is 5.90. The van der Waals surface area contributed by atoms with Crippen molar-refractivity contribution in [3.05, 3.63) is 39.7 Å². The van der Waals surface area contributed by atoms with Gasteiger partial charge in [0.15, 0.2) is 0 Å². The Hall–Kier alpha value is -1.81. The van der Waals surface area contributed by atoms with Crippen molar-refractivity contribution in [3.8, 4) is 11.6 Å². The molecule has 0 saturated heterocycles. The Kier molecular flexibility index (Phi) is 4.37. The molecule has 0 bridgehead atoms. The number of anilines is 1. The summed E-state index contributed by atoms with van der Waals surface area (Å²) in [5.41, 5.74) is 8.61. The molecule has 2 aromatic rings.